The molecule has 0 bridgehead atoms. The van der Waals surface area contributed by atoms with Crippen molar-refractivity contribution >= 4 is 24.7 Å². The number of imide groups is 2. The van der Waals surface area contributed by atoms with E-state index in [9.17, 15) is 14.4 Å². The van der Waals surface area contributed by atoms with Crippen LogP contribution in [0.3, 0.4) is 0 Å². The second kappa shape index (κ2) is 5.76. The van der Waals surface area contributed by atoms with Crippen molar-refractivity contribution in [1.82, 2.24) is 15.2 Å². The van der Waals surface area contributed by atoms with Crippen LogP contribution in [0.2, 0.25) is 0 Å². The van der Waals surface area contributed by atoms with Crippen LogP contribution in [0.25, 0.3) is 0 Å². The SMILES string of the molecule is O=CNC(=O)N1CCN(N=Cc2ccccc2)C1=O. The second-order valence-corrected chi connectivity index (χ2v) is 3.78. The summed E-state index contributed by atoms with van der Waals surface area (Å²) in [4.78, 5) is 34.2. The van der Waals surface area contributed by atoms with Crippen molar-refractivity contribution in [3.8, 4) is 0 Å². The van der Waals surface area contributed by atoms with Crippen molar-refractivity contribution in [3.05, 3.63) is 35.9 Å². The lowest BCUT2D eigenvalue weighted by Gasteiger charge is -2.12. The van der Waals surface area contributed by atoms with Gasteiger partial charge in [0.25, 0.3) is 0 Å². The first-order valence-electron chi connectivity index (χ1n) is 5.64. The molecule has 0 saturated carbocycles. The fraction of sp³-hybridized carbons (Fsp3) is 0.167. The first-order chi connectivity index (χ1) is 9.22. The van der Waals surface area contributed by atoms with E-state index in [-0.39, 0.29) is 13.0 Å². The van der Waals surface area contributed by atoms with E-state index < -0.39 is 12.1 Å². The van der Waals surface area contributed by atoms with Gasteiger partial charge in [0.2, 0.25) is 6.41 Å². The van der Waals surface area contributed by atoms with Crippen LogP contribution in [0.4, 0.5) is 9.59 Å². The zero-order chi connectivity index (χ0) is 13.7. The first kappa shape index (κ1) is 12.7. The summed E-state index contributed by atoms with van der Waals surface area (Å²) in [7, 11) is 0. The predicted molar refractivity (Wildman–Crippen MR) is 67.4 cm³/mol. The zero-order valence-corrected chi connectivity index (χ0v) is 10.0. The Hall–Kier alpha value is -2.70. The highest BCUT2D eigenvalue weighted by molar-refractivity contribution is 5.98. The van der Waals surface area contributed by atoms with E-state index in [2.05, 4.69) is 5.10 Å². The number of carbonyl (C=O) groups excluding carboxylic acids is 3. The van der Waals surface area contributed by atoms with Gasteiger partial charge in [-0.2, -0.15) is 5.10 Å². The maximum absolute atomic E-state index is 11.8. The van der Waals surface area contributed by atoms with Gasteiger partial charge >= 0.3 is 12.1 Å². The highest BCUT2D eigenvalue weighted by Crippen LogP contribution is 2.09. The van der Waals surface area contributed by atoms with Gasteiger partial charge in [0.05, 0.1) is 19.3 Å². The van der Waals surface area contributed by atoms with Crippen molar-refractivity contribution < 1.29 is 14.4 Å². The Morgan fingerprint density at radius 2 is 2.00 bits per heavy atom. The van der Waals surface area contributed by atoms with E-state index >= 15 is 0 Å². The van der Waals surface area contributed by atoms with Crippen LogP contribution in [0.15, 0.2) is 35.4 Å². The highest BCUT2D eigenvalue weighted by atomic mass is 16.2. The average molecular weight is 260 g/mol. The minimum Gasteiger partial charge on any atom is -0.280 e. The summed E-state index contributed by atoms with van der Waals surface area (Å²) in [6, 6.07) is 8.00. The van der Waals surface area contributed by atoms with Crippen molar-refractivity contribution in [3.63, 3.8) is 0 Å². The van der Waals surface area contributed by atoms with Gasteiger partial charge in [0, 0.05) is 0 Å². The second-order valence-electron chi connectivity index (χ2n) is 3.78. The summed E-state index contributed by atoms with van der Waals surface area (Å²) in [6.45, 7) is 0.499. The van der Waals surface area contributed by atoms with E-state index in [0.29, 0.717) is 6.54 Å². The molecule has 7 heteroatoms. The molecule has 1 aromatic rings. The Morgan fingerprint density at radius 1 is 1.26 bits per heavy atom. The molecule has 0 aromatic heterocycles. The molecular formula is C12H12N4O3. The molecule has 1 fully saturated rings. The fourth-order valence-electron chi connectivity index (χ4n) is 1.62. The minimum atomic E-state index is -0.739. The third-order valence-corrected chi connectivity index (χ3v) is 2.56. The van der Waals surface area contributed by atoms with Crippen molar-refractivity contribution in [1.29, 1.82) is 0 Å². The standard InChI is InChI=1S/C12H12N4O3/c17-9-13-11(18)15-6-7-16(12(15)19)14-8-10-4-2-1-3-5-10/h1-5,8-9H,6-7H2,(H,13,17,18). The lowest BCUT2D eigenvalue weighted by Crippen LogP contribution is -2.41. The normalized spacial score (nSPS) is 15.1. The Balaban J connectivity index is 2.00. The molecule has 0 radical (unpaired) electrons. The summed E-state index contributed by atoms with van der Waals surface area (Å²) in [5.41, 5.74) is 0.853. The third-order valence-electron chi connectivity index (χ3n) is 2.56. The molecule has 1 saturated heterocycles. The van der Waals surface area contributed by atoms with E-state index in [1.54, 1.807) is 6.21 Å². The lowest BCUT2D eigenvalue weighted by molar-refractivity contribution is -0.108. The molecule has 0 unspecified atom stereocenters. The van der Waals surface area contributed by atoms with Crippen molar-refractivity contribution in [2.45, 2.75) is 0 Å². The largest absolute Gasteiger partial charge is 0.348 e. The zero-order valence-electron chi connectivity index (χ0n) is 10.0. The quantitative estimate of drug-likeness (QED) is 0.639. The summed E-state index contributed by atoms with van der Waals surface area (Å²) in [6.07, 6.45) is 1.78. The Bertz CT molecular complexity index is 515. The summed E-state index contributed by atoms with van der Waals surface area (Å²) >= 11 is 0. The number of nitrogens with zero attached hydrogens (tertiary/aromatic N) is 3. The van der Waals surface area contributed by atoms with Crippen LogP contribution in [-0.4, -0.2) is 47.7 Å². The summed E-state index contributed by atoms with van der Waals surface area (Å²) in [5, 5.41) is 7.11. The van der Waals surface area contributed by atoms with Crippen LogP contribution in [0, 0.1) is 0 Å². The molecule has 0 aliphatic carbocycles. The average Bonchev–Trinajstić information content (AvgIpc) is 2.79. The number of hydrogen-bond donors (Lipinski definition) is 1. The summed E-state index contributed by atoms with van der Waals surface area (Å²) in [5.74, 6) is 0. The number of carbonyl (C=O) groups is 3. The molecule has 1 N–H and O–H groups in total. The molecule has 98 valence electrons. The molecule has 0 atom stereocenters. The summed E-state index contributed by atoms with van der Waals surface area (Å²) < 4.78 is 0. The van der Waals surface area contributed by atoms with E-state index in [4.69, 9.17) is 0 Å². The topological polar surface area (TPSA) is 82.1 Å². The Morgan fingerprint density at radius 3 is 2.68 bits per heavy atom. The van der Waals surface area contributed by atoms with Crippen LogP contribution in [0.1, 0.15) is 5.56 Å². The number of benzene rings is 1. The van der Waals surface area contributed by atoms with Crippen LogP contribution in [0.5, 0.6) is 0 Å². The van der Waals surface area contributed by atoms with Gasteiger partial charge in [0.15, 0.2) is 0 Å². The van der Waals surface area contributed by atoms with E-state index in [1.165, 1.54) is 5.01 Å². The molecule has 1 heterocycles. The number of nitrogens with one attached hydrogen (secondary N) is 1. The number of hydrogen-bond acceptors (Lipinski definition) is 4. The minimum absolute atomic E-state index is 0.199. The van der Waals surface area contributed by atoms with Gasteiger partial charge in [0.1, 0.15) is 0 Å². The van der Waals surface area contributed by atoms with Gasteiger partial charge in [-0.05, 0) is 5.56 Å². The smallest absolute Gasteiger partial charge is 0.280 e. The van der Waals surface area contributed by atoms with Crippen LogP contribution in [-0.2, 0) is 4.79 Å². The molecule has 1 aromatic carbocycles. The highest BCUT2D eigenvalue weighted by Gasteiger charge is 2.32. The van der Waals surface area contributed by atoms with Crippen LogP contribution < -0.4 is 5.32 Å². The van der Waals surface area contributed by atoms with E-state index in [0.717, 1.165) is 10.5 Å². The molecule has 19 heavy (non-hydrogen) atoms. The molecule has 2 rings (SSSR count). The number of urea groups is 2. The molecule has 7 nitrogen and oxygen atoms in total. The number of rotatable bonds is 3. The fourth-order valence-corrected chi connectivity index (χ4v) is 1.62. The van der Waals surface area contributed by atoms with E-state index in [1.807, 2.05) is 35.6 Å². The van der Waals surface area contributed by atoms with Crippen molar-refractivity contribution in [2.24, 2.45) is 5.10 Å². The van der Waals surface area contributed by atoms with Crippen LogP contribution >= 0.6 is 0 Å². The van der Waals surface area contributed by atoms with Gasteiger partial charge in [-0.1, -0.05) is 30.3 Å². The van der Waals surface area contributed by atoms with Gasteiger partial charge in [-0.3, -0.25) is 10.1 Å². The predicted octanol–water partition coefficient (Wildman–Crippen LogP) is 0.624. The van der Waals surface area contributed by atoms with Crippen molar-refractivity contribution in [2.75, 3.05) is 13.1 Å². The number of hydrazone groups is 1. The van der Waals surface area contributed by atoms with Gasteiger partial charge in [-0.15, -0.1) is 0 Å². The molecule has 0 spiro atoms. The number of amides is 5. The Labute approximate surface area is 109 Å². The monoisotopic (exact) mass is 260 g/mol. The first-order valence-corrected chi connectivity index (χ1v) is 5.64. The Kier molecular flexibility index (Phi) is 3.87. The van der Waals surface area contributed by atoms with Gasteiger partial charge < -0.3 is 0 Å². The maximum atomic E-state index is 11.8. The maximum Gasteiger partial charge on any atom is 0.348 e. The van der Waals surface area contributed by atoms with Gasteiger partial charge in [-0.25, -0.2) is 19.5 Å². The lowest BCUT2D eigenvalue weighted by atomic mass is 10.2. The molecule has 1 aliphatic rings. The third kappa shape index (κ3) is 2.95. The molecule has 1 aliphatic heterocycles. The molecule has 5 amide bonds. The molecular weight excluding hydrogens is 248 g/mol.